The molecule has 96 valence electrons. The fraction of sp³-hybridized carbons (Fsp3) is 0.786. The Kier molecular flexibility index (Phi) is 3.57. The number of rotatable bonds is 2. The molecule has 0 bridgehead atoms. The van der Waals surface area contributed by atoms with Crippen LogP contribution in [-0.4, -0.2) is 22.9 Å². The third kappa shape index (κ3) is 2.89. The minimum atomic E-state index is 0.0894. The molecule has 1 aliphatic rings. The van der Waals surface area contributed by atoms with Gasteiger partial charge in [0.25, 0.3) is 0 Å². The highest BCUT2D eigenvalue weighted by Crippen LogP contribution is 2.30. The lowest BCUT2D eigenvalue weighted by molar-refractivity contribution is 0.328. The molecule has 17 heavy (non-hydrogen) atoms. The Balaban J connectivity index is 2.08. The topological polar surface area (TPSA) is 29.9 Å². The summed E-state index contributed by atoms with van der Waals surface area (Å²) >= 11 is 0. The summed E-state index contributed by atoms with van der Waals surface area (Å²) in [6, 6.07) is 0. The maximum absolute atomic E-state index is 4.50. The molecule has 1 aliphatic heterocycles. The van der Waals surface area contributed by atoms with E-state index in [1.807, 2.05) is 0 Å². The van der Waals surface area contributed by atoms with Gasteiger partial charge < -0.3 is 5.32 Å². The predicted octanol–water partition coefficient (Wildman–Crippen LogP) is 2.74. The standard InChI is InChI=1S/C14H25N3/c1-11(12-5-7-15-8-6-12)13-9-16-17(10-13)14(2,3)4/h9-12,15H,5-8H2,1-4H3. The van der Waals surface area contributed by atoms with Crippen LogP contribution in [0.15, 0.2) is 12.4 Å². The van der Waals surface area contributed by atoms with Gasteiger partial charge in [0.05, 0.1) is 11.7 Å². The van der Waals surface area contributed by atoms with Crippen LogP contribution >= 0.6 is 0 Å². The van der Waals surface area contributed by atoms with Crippen LogP contribution in [0.3, 0.4) is 0 Å². The van der Waals surface area contributed by atoms with Gasteiger partial charge >= 0.3 is 0 Å². The molecule has 0 radical (unpaired) electrons. The summed E-state index contributed by atoms with van der Waals surface area (Å²) < 4.78 is 2.08. The average molecular weight is 235 g/mol. The molecule has 1 unspecified atom stereocenters. The second-order valence-electron chi connectivity index (χ2n) is 6.27. The molecule has 1 N–H and O–H groups in total. The Morgan fingerprint density at radius 3 is 2.53 bits per heavy atom. The molecule has 0 aromatic carbocycles. The lowest BCUT2D eigenvalue weighted by atomic mass is 9.83. The maximum Gasteiger partial charge on any atom is 0.0543 e. The van der Waals surface area contributed by atoms with Crippen LogP contribution in [0.4, 0.5) is 0 Å². The van der Waals surface area contributed by atoms with Crippen molar-refractivity contribution in [2.45, 2.75) is 52.0 Å². The van der Waals surface area contributed by atoms with E-state index < -0.39 is 0 Å². The monoisotopic (exact) mass is 235 g/mol. The predicted molar refractivity (Wildman–Crippen MR) is 71.2 cm³/mol. The second kappa shape index (κ2) is 4.81. The summed E-state index contributed by atoms with van der Waals surface area (Å²) in [6.45, 7) is 11.3. The number of nitrogens with zero attached hydrogens (tertiary/aromatic N) is 2. The molecule has 0 aliphatic carbocycles. The van der Waals surface area contributed by atoms with Crippen LogP contribution in [0, 0.1) is 5.92 Å². The zero-order valence-electron chi connectivity index (χ0n) is 11.5. The first kappa shape index (κ1) is 12.6. The van der Waals surface area contributed by atoms with Crippen LogP contribution in [0.5, 0.6) is 0 Å². The molecule has 2 rings (SSSR count). The summed E-state index contributed by atoms with van der Waals surface area (Å²) in [5.74, 6) is 1.45. The minimum absolute atomic E-state index is 0.0894. The third-order valence-electron chi connectivity index (χ3n) is 3.91. The summed E-state index contributed by atoms with van der Waals surface area (Å²) in [5, 5.41) is 7.93. The Hall–Kier alpha value is -0.830. The van der Waals surface area contributed by atoms with Gasteiger partial charge in [0.15, 0.2) is 0 Å². The van der Waals surface area contributed by atoms with Gasteiger partial charge in [-0.1, -0.05) is 6.92 Å². The number of piperidine rings is 1. The number of hydrogen-bond donors (Lipinski definition) is 1. The zero-order chi connectivity index (χ0) is 12.5. The normalized spacial score (nSPS) is 20.5. The summed E-state index contributed by atoms with van der Waals surface area (Å²) in [6.07, 6.45) is 6.87. The van der Waals surface area contributed by atoms with Crippen molar-refractivity contribution in [3.63, 3.8) is 0 Å². The Bertz CT molecular complexity index is 356. The van der Waals surface area contributed by atoms with Gasteiger partial charge in [-0.3, -0.25) is 4.68 Å². The minimum Gasteiger partial charge on any atom is -0.317 e. The van der Waals surface area contributed by atoms with Gasteiger partial charge in [-0.15, -0.1) is 0 Å². The molecule has 1 fully saturated rings. The molecule has 3 heteroatoms. The van der Waals surface area contributed by atoms with Crippen LogP contribution in [0.1, 0.15) is 52.0 Å². The molecule has 1 aromatic heterocycles. The van der Waals surface area contributed by atoms with Crippen molar-refractivity contribution in [1.29, 1.82) is 0 Å². The highest BCUT2D eigenvalue weighted by molar-refractivity contribution is 5.12. The molecule has 0 saturated carbocycles. The van der Waals surface area contributed by atoms with E-state index in [1.165, 1.54) is 31.5 Å². The van der Waals surface area contributed by atoms with Crippen molar-refractivity contribution in [2.24, 2.45) is 5.92 Å². The van der Waals surface area contributed by atoms with E-state index in [9.17, 15) is 0 Å². The van der Waals surface area contributed by atoms with Gasteiger partial charge in [-0.05, 0) is 64.1 Å². The first-order valence-corrected chi connectivity index (χ1v) is 6.74. The van der Waals surface area contributed by atoms with E-state index >= 15 is 0 Å². The third-order valence-corrected chi connectivity index (χ3v) is 3.91. The van der Waals surface area contributed by atoms with E-state index in [-0.39, 0.29) is 5.54 Å². The van der Waals surface area contributed by atoms with Crippen molar-refractivity contribution in [1.82, 2.24) is 15.1 Å². The molecule has 2 heterocycles. The van der Waals surface area contributed by atoms with E-state index in [0.29, 0.717) is 5.92 Å². The van der Waals surface area contributed by atoms with E-state index in [0.717, 1.165) is 5.92 Å². The Morgan fingerprint density at radius 2 is 2.00 bits per heavy atom. The van der Waals surface area contributed by atoms with Crippen LogP contribution in [0.25, 0.3) is 0 Å². The molecule has 1 atom stereocenters. The highest BCUT2D eigenvalue weighted by atomic mass is 15.3. The molecule has 1 aromatic rings. The molecule has 0 amide bonds. The van der Waals surface area contributed by atoms with Gasteiger partial charge in [0.1, 0.15) is 0 Å². The van der Waals surface area contributed by atoms with E-state index in [1.54, 1.807) is 0 Å². The highest BCUT2D eigenvalue weighted by Gasteiger charge is 2.23. The summed E-state index contributed by atoms with van der Waals surface area (Å²) in [5.41, 5.74) is 1.48. The van der Waals surface area contributed by atoms with E-state index in [4.69, 9.17) is 0 Å². The van der Waals surface area contributed by atoms with Crippen molar-refractivity contribution >= 4 is 0 Å². The Morgan fingerprint density at radius 1 is 1.35 bits per heavy atom. The van der Waals surface area contributed by atoms with Gasteiger partial charge in [-0.2, -0.15) is 5.10 Å². The summed E-state index contributed by atoms with van der Waals surface area (Å²) in [4.78, 5) is 0. The first-order chi connectivity index (χ1) is 7.98. The smallest absolute Gasteiger partial charge is 0.0543 e. The molecular formula is C14H25N3. The Labute approximate surface area is 105 Å². The first-order valence-electron chi connectivity index (χ1n) is 6.74. The van der Waals surface area contributed by atoms with Crippen LogP contribution < -0.4 is 5.32 Å². The van der Waals surface area contributed by atoms with Crippen molar-refractivity contribution in [2.75, 3.05) is 13.1 Å². The van der Waals surface area contributed by atoms with Gasteiger partial charge in [-0.25, -0.2) is 0 Å². The van der Waals surface area contributed by atoms with Crippen molar-refractivity contribution < 1.29 is 0 Å². The van der Waals surface area contributed by atoms with Gasteiger partial charge in [0, 0.05) is 6.20 Å². The van der Waals surface area contributed by atoms with Crippen molar-refractivity contribution in [3.05, 3.63) is 18.0 Å². The van der Waals surface area contributed by atoms with Crippen LogP contribution in [-0.2, 0) is 5.54 Å². The van der Waals surface area contributed by atoms with E-state index in [2.05, 4.69) is 55.2 Å². The number of nitrogens with one attached hydrogen (secondary N) is 1. The largest absolute Gasteiger partial charge is 0.317 e. The number of aromatic nitrogens is 2. The lowest BCUT2D eigenvalue weighted by Crippen LogP contribution is -2.30. The zero-order valence-corrected chi connectivity index (χ0v) is 11.5. The SMILES string of the molecule is CC(c1cnn(C(C)(C)C)c1)C1CCNCC1. The molecular weight excluding hydrogens is 210 g/mol. The average Bonchev–Trinajstić information content (AvgIpc) is 2.78. The van der Waals surface area contributed by atoms with Crippen molar-refractivity contribution in [3.8, 4) is 0 Å². The maximum atomic E-state index is 4.50. The summed E-state index contributed by atoms with van der Waals surface area (Å²) in [7, 11) is 0. The quantitative estimate of drug-likeness (QED) is 0.854. The van der Waals surface area contributed by atoms with Crippen LogP contribution in [0.2, 0.25) is 0 Å². The lowest BCUT2D eigenvalue weighted by Gasteiger charge is -2.27. The fourth-order valence-electron chi connectivity index (χ4n) is 2.56. The molecule has 0 spiro atoms. The molecule has 1 saturated heterocycles. The second-order valence-corrected chi connectivity index (χ2v) is 6.27. The van der Waals surface area contributed by atoms with Gasteiger partial charge in [0.2, 0.25) is 0 Å². The molecule has 3 nitrogen and oxygen atoms in total. The fourth-order valence-corrected chi connectivity index (χ4v) is 2.56. The number of hydrogen-bond acceptors (Lipinski definition) is 2.